The Kier molecular flexibility index (Phi) is 6.03. The maximum Gasteiger partial charge on any atom is 0.237 e. The lowest BCUT2D eigenvalue weighted by Crippen LogP contribution is -2.28. The number of carbonyl (C=O) groups excluding carboxylic acids is 2. The van der Waals surface area contributed by atoms with Crippen molar-refractivity contribution in [2.24, 2.45) is 5.73 Å². The van der Waals surface area contributed by atoms with E-state index >= 15 is 0 Å². The number of amides is 1. The van der Waals surface area contributed by atoms with E-state index in [9.17, 15) is 9.59 Å². The van der Waals surface area contributed by atoms with Crippen molar-refractivity contribution in [3.63, 3.8) is 0 Å². The number of carbonyl (C=O) groups is 2. The van der Waals surface area contributed by atoms with Gasteiger partial charge in [-0.2, -0.15) is 0 Å². The maximum atomic E-state index is 11.4. The molecule has 0 aliphatic heterocycles. The zero-order valence-electron chi connectivity index (χ0n) is 8.72. The van der Waals surface area contributed by atoms with Crippen LogP contribution in [0.2, 0.25) is 0 Å². The summed E-state index contributed by atoms with van der Waals surface area (Å²) < 4.78 is 0. The molecule has 0 fully saturated rings. The second-order valence-corrected chi connectivity index (χ2v) is 3.92. The molecule has 14 heavy (non-hydrogen) atoms. The highest BCUT2D eigenvalue weighted by molar-refractivity contribution is 8.14. The molecule has 0 bridgehead atoms. The van der Waals surface area contributed by atoms with Gasteiger partial charge < -0.3 is 11.1 Å². The molecule has 0 heterocycles. The summed E-state index contributed by atoms with van der Waals surface area (Å²) in [7, 11) is 0. The lowest BCUT2D eigenvalue weighted by atomic mass is 10.3. The van der Waals surface area contributed by atoms with E-state index in [1.54, 1.807) is 13.8 Å². The van der Waals surface area contributed by atoms with Crippen LogP contribution in [0, 0.1) is 0 Å². The van der Waals surface area contributed by atoms with Gasteiger partial charge >= 0.3 is 0 Å². The molecule has 4 nitrogen and oxygen atoms in total. The van der Waals surface area contributed by atoms with Gasteiger partial charge in [0.15, 0.2) is 0 Å². The summed E-state index contributed by atoms with van der Waals surface area (Å²) in [6.07, 6.45) is 0.334. The normalized spacial score (nSPS) is 11.9. The van der Waals surface area contributed by atoms with E-state index in [0.717, 1.165) is 11.8 Å². The van der Waals surface area contributed by atoms with Gasteiger partial charge in [0.2, 0.25) is 11.0 Å². The summed E-state index contributed by atoms with van der Waals surface area (Å²) in [5.74, 6) is 0.465. The third-order valence-electron chi connectivity index (χ3n) is 1.46. The van der Waals surface area contributed by atoms with Crippen molar-refractivity contribution in [2.45, 2.75) is 27.2 Å². The van der Waals surface area contributed by atoms with Gasteiger partial charge in [0.05, 0.1) is 0 Å². The average Bonchev–Trinajstić information content (AvgIpc) is 2.13. The van der Waals surface area contributed by atoms with Crippen LogP contribution < -0.4 is 11.1 Å². The molecule has 0 saturated heterocycles. The molecule has 0 atom stereocenters. The van der Waals surface area contributed by atoms with Gasteiger partial charge in [-0.3, -0.25) is 9.59 Å². The Balaban J connectivity index is 4.56. The first-order chi connectivity index (χ1) is 6.52. The summed E-state index contributed by atoms with van der Waals surface area (Å²) in [5, 5.41) is 2.31. The van der Waals surface area contributed by atoms with Crippen LogP contribution in [-0.2, 0) is 9.59 Å². The number of nitrogens with two attached hydrogens (primary N) is 1. The van der Waals surface area contributed by atoms with Gasteiger partial charge in [-0.1, -0.05) is 25.6 Å². The van der Waals surface area contributed by atoms with Crippen molar-refractivity contribution in [1.82, 2.24) is 5.32 Å². The minimum Gasteiger partial charge on any atom is -0.400 e. The van der Waals surface area contributed by atoms with E-state index in [1.165, 1.54) is 0 Å². The molecule has 1 amide bonds. The van der Waals surface area contributed by atoms with Crippen molar-refractivity contribution in [3.05, 3.63) is 11.4 Å². The topological polar surface area (TPSA) is 72.2 Å². The third-order valence-corrected chi connectivity index (χ3v) is 2.21. The summed E-state index contributed by atoms with van der Waals surface area (Å²) in [6, 6.07) is 0. The Bertz CT molecular complexity index is 258. The van der Waals surface area contributed by atoms with Gasteiger partial charge in [0, 0.05) is 12.1 Å². The first kappa shape index (κ1) is 13.0. The summed E-state index contributed by atoms with van der Waals surface area (Å²) in [6.45, 7) is 5.18. The van der Waals surface area contributed by atoms with Gasteiger partial charge in [-0.05, 0) is 12.7 Å². The Morgan fingerprint density at radius 3 is 2.29 bits per heavy atom. The van der Waals surface area contributed by atoms with Crippen molar-refractivity contribution in [1.29, 1.82) is 0 Å². The number of thioether (sulfide) groups is 1. The fourth-order valence-electron chi connectivity index (χ4n) is 0.742. The predicted octanol–water partition coefficient (Wildman–Crippen LogP) is 0.982. The predicted molar refractivity (Wildman–Crippen MR) is 58.5 cm³/mol. The Labute approximate surface area is 88.3 Å². The number of rotatable bonds is 4. The highest BCUT2D eigenvalue weighted by atomic mass is 32.2. The van der Waals surface area contributed by atoms with E-state index in [4.69, 9.17) is 5.73 Å². The summed E-state index contributed by atoms with van der Waals surface area (Å²) >= 11 is 1.13. The molecule has 0 aromatic carbocycles. The molecule has 80 valence electrons. The fourth-order valence-corrected chi connectivity index (χ4v) is 1.36. The van der Waals surface area contributed by atoms with E-state index in [1.807, 2.05) is 6.92 Å². The quantitative estimate of drug-likeness (QED) is 0.687. The zero-order valence-corrected chi connectivity index (χ0v) is 9.53. The number of hydrogen-bond donors (Lipinski definition) is 2. The van der Waals surface area contributed by atoms with Crippen LogP contribution in [0.5, 0.6) is 0 Å². The van der Waals surface area contributed by atoms with Gasteiger partial charge in [0.25, 0.3) is 0 Å². The Hall–Kier alpha value is -0.970. The number of hydrogen-bond acceptors (Lipinski definition) is 4. The second-order valence-electron chi connectivity index (χ2n) is 2.68. The Morgan fingerprint density at radius 2 is 1.93 bits per heavy atom. The fraction of sp³-hybridized carbons (Fsp3) is 0.556. The van der Waals surface area contributed by atoms with Gasteiger partial charge in [0.1, 0.15) is 5.70 Å². The lowest BCUT2D eigenvalue weighted by molar-refractivity contribution is -0.121. The SMILES string of the molecule is CCSC(=O)/C(NC(=O)CC)=C(\C)N. The minimum absolute atomic E-state index is 0.186. The average molecular weight is 216 g/mol. The zero-order chi connectivity index (χ0) is 11.1. The molecule has 3 N–H and O–H groups in total. The van der Waals surface area contributed by atoms with Crippen molar-refractivity contribution >= 4 is 22.8 Å². The van der Waals surface area contributed by atoms with Crippen LogP contribution in [0.1, 0.15) is 27.2 Å². The molecule has 0 aromatic rings. The second kappa shape index (κ2) is 6.48. The molecule has 0 aliphatic rings. The molecule has 0 aliphatic carbocycles. The Morgan fingerprint density at radius 1 is 1.36 bits per heavy atom. The van der Waals surface area contributed by atoms with Crippen LogP contribution in [0.4, 0.5) is 0 Å². The number of nitrogens with one attached hydrogen (secondary N) is 1. The summed E-state index contributed by atoms with van der Waals surface area (Å²) in [5.41, 5.74) is 6.06. The van der Waals surface area contributed by atoms with Crippen LogP contribution in [0.25, 0.3) is 0 Å². The van der Waals surface area contributed by atoms with Crippen molar-refractivity contribution in [2.75, 3.05) is 5.75 Å². The molecule has 0 saturated carbocycles. The van der Waals surface area contributed by atoms with Crippen molar-refractivity contribution in [3.8, 4) is 0 Å². The van der Waals surface area contributed by atoms with Crippen LogP contribution >= 0.6 is 11.8 Å². The monoisotopic (exact) mass is 216 g/mol. The highest BCUT2D eigenvalue weighted by Gasteiger charge is 2.13. The van der Waals surface area contributed by atoms with E-state index < -0.39 is 0 Å². The first-order valence-corrected chi connectivity index (χ1v) is 5.44. The van der Waals surface area contributed by atoms with E-state index in [-0.39, 0.29) is 16.7 Å². The van der Waals surface area contributed by atoms with Crippen LogP contribution in [0.15, 0.2) is 11.4 Å². The first-order valence-electron chi connectivity index (χ1n) is 4.46. The lowest BCUT2D eigenvalue weighted by Gasteiger charge is -2.08. The molecule has 0 aromatic heterocycles. The molecule has 0 unspecified atom stereocenters. The molecule has 0 rings (SSSR count). The standard InChI is InChI=1S/C9H16N2O2S/c1-4-7(12)11-8(6(3)10)9(13)14-5-2/h4-5,10H2,1-3H3,(H,11,12)/b8-6-. The molecule has 0 radical (unpaired) electrons. The van der Waals surface area contributed by atoms with E-state index in [0.29, 0.717) is 17.9 Å². The molecule has 0 spiro atoms. The smallest absolute Gasteiger partial charge is 0.237 e. The maximum absolute atomic E-state index is 11.4. The molecule has 5 heteroatoms. The van der Waals surface area contributed by atoms with E-state index in [2.05, 4.69) is 5.32 Å². The van der Waals surface area contributed by atoms with Crippen molar-refractivity contribution < 1.29 is 9.59 Å². The number of allylic oxidation sites excluding steroid dienone is 1. The van der Waals surface area contributed by atoms with Crippen LogP contribution in [0.3, 0.4) is 0 Å². The van der Waals surface area contributed by atoms with Gasteiger partial charge in [-0.15, -0.1) is 0 Å². The summed E-state index contributed by atoms with van der Waals surface area (Å²) in [4.78, 5) is 22.5. The highest BCUT2D eigenvalue weighted by Crippen LogP contribution is 2.09. The molecular formula is C9H16N2O2S. The third kappa shape index (κ3) is 4.32. The minimum atomic E-state index is -0.199. The van der Waals surface area contributed by atoms with Gasteiger partial charge in [-0.25, -0.2) is 0 Å². The van der Waals surface area contributed by atoms with Crippen LogP contribution in [-0.4, -0.2) is 16.8 Å². The molecular weight excluding hydrogens is 200 g/mol. The largest absolute Gasteiger partial charge is 0.400 e.